The Labute approximate surface area is 95.1 Å². The Morgan fingerprint density at radius 2 is 2.13 bits per heavy atom. The summed E-state index contributed by atoms with van der Waals surface area (Å²) in [6, 6.07) is 0. The fourth-order valence-corrected chi connectivity index (χ4v) is 1.69. The molecular weight excluding hydrogens is 208 g/mol. The summed E-state index contributed by atoms with van der Waals surface area (Å²) in [5, 5.41) is 3.21. The number of rotatable bonds is 7. The average Bonchev–Trinajstić information content (AvgIpc) is 2.26. The number of nitrogen functional groups attached to an aromatic ring is 1. The van der Waals surface area contributed by atoms with Gasteiger partial charge in [-0.15, -0.1) is 0 Å². The zero-order valence-corrected chi connectivity index (χ0v) is 9.89. The predicted molar refractivity (Wildman–Crippen MR) is 67.2 cm³/mol. The zero-order chi connectivity index (χ0) is 10.9. The van der Waals surface area contributed by atoms with Gasteiger partial charge in [-0.05, 0) is 24.9 Å². The molecule has 0 saturated heterocycles. The van der Waals surface area contributed by atoms with Gasteiger partial charge in [0.1, 0.15) is 11.6 Å². The summed E-state index contributed by atoms with van der Waals surface area (Å²) in [6.07, 6.45) is 9.09. The van der Waals surface area contributed by atoms with Crippen LogP contribution in [0, 0.1) is 0 Å². The maximum atomic E-state index is 5.43. The first-order valence-corrected chi connectivity index (χ1v) is 6.52. The van der Waals surface area contributed by atoms with E-state index in [2.05, 4.69) is 21.5 Å². The minimum Gasteiger partial charge on any atom is -0.382 e. The molecule has 0 aliphatic rings. The van der Waals surface area contributed by atoms with Gasteiger partial charge in [-0.3, -0.25) is 0 Å². The number of nitrogens with two attached hydrogens (primary N) is 1. The van der Waals surface area contributed by atoms with E-state index in [1.54, 1.807) is 12.4 Å². The molecular formula is C10H18N4S. The third kappa shape index (κ3) is 5.47. The Morgan fingerprint density at radius 1 is 1.27 bits per heavy atom. The SMILES string of the molecule is CSCCCCCNc1cnc(N)cn1. The van der Waals surface area contributed by atoms with Gasteiger partial charge in [-0.25, -0.2) is 9.97 Å². The van der Waals surface area contributed by atoms with E-state index in [1.807, 2.05) is 11.8 Å². The van der Waals surface area contributed by atoms with E-state index in [-0.39, 0.29) is 0 Å². The number of unbranched alkanes of at least 4 members (excludes halogenated alkanes) is 2. The highest BCUT2D eigenvalue weighted by atomic mass is 32.2. The van der Waals surface area contributed by atoms with Gasteiger partial charge in [-0.1, -0.05) is 6.42 Å². The van der Waals surface area contributed by atoms with Crippen molar-refractivity contribution >= 4 is 23.4 Å². The summed E-state index contributed by atoms with van der Waals surface area (Å²) < 4.78 is 0. The summed E-state index contributed by atoms with van der Waals surface area (Å²) >= 11 is 1.90. The van der Waals surface area contributed by atoms with Crippen LogP contribution < -0.4 is 11.1 Å². The Hall–Kier alpha value is -0.970. The van der Waals surface area contributed by atoms with Gasteiger partial charge in [-0.2, -0.15) is 11.8 Å². The van der Waals surface area contributed by atoms with Gasteiger partial charge in [0.05, 0.1) is 12.4 Å². The lowest BCUT2D eigenvalue weighted by Gasteiger charge is -2.04. The van der Waals surface area contributed by atoms with E-state index in [4.69, 9.17) is 5.73 Å². The van der Waals surface area contributed by atoms with Crippen LogP contribution in [0.25, 0.3) is 0 Å². The van der Waals surface area contributed by atoms with Crippen molar-refractivity contribution in [2.45, 2.75) is 19.3 Å². The highest BCUT2D eigenvalue weighted by molar-refractivity contribution is 7.98. The third-order valence-corrected chi connectivity index (χ3v) is 2.70. The molecule has 0 fully saturated rings. The van der Waals surface area contributed by atoms with Crippen LogP contribution in [0.3, 0.4) is 0 Å². The second-order valence-electron chi connectivity index (χ2n) is 3.31. The number of aromatic nitrogens is 2. The predicted octanol–water partition coefficient (Wildman–Crippen LogP) is 2.00. The van der Waals surface area contributed by atoms with E-state index >= 15 is 0 Å². The number of thioether (sulfide) groups is 1. The quantitative estimate of drug-likeness (QED) is 0.696. The molecule has 0 spiro atoms. The smallest absolute Gasteiger partial charge is 0.144 e. The zero-order valence-electron chi connectivity index (χ0n) is 9.07. The molecule has 0 aromatic carbocycles. The first kappa shape index (κ1) is 12.1. The molecule has 0 unspecified atom stereocenters. The van der Waals surface area contributed by atoms with Crippen LogP contribution in [0.5, 0.6) is 0 Å². The van der Waals surface area contributed by atoms with E-state index in [0.29, 0.717) is 5.82 Å². The van der Waals surface area contributed by atoms with Crippen molar-refractivity contribution in [3.63, 3.8) is 0 Å². The Bertz CT molecular complexity index is 263. The molecule has 15 heavy (non-hydrogen) atoms. The van der Waals surface area contributed by atoms with Crippen molar-refractivity contribution in [1.82, 2.24) is 9.97 Å². The molecule has 0 saturated carbocycles. The molecule has 84 valence electrons. The van der Waals surface area contributed by atoms with Crippen molar-refractivity contribution in [3.05, 3.63) is 12.4 Å². The molecule has 1 rings (SSSR count). The summed E-state index contributed by atoms with van der Waals surface area (Å²) in [4.78, 5) is 8.07. The van der Waals surface area contributed by atoms with Crippen LogP contribution in [0.1, 0.15) is 19.3 Å². The average molecular weight is 226 g/mol. The minimum atomic E-state index is 0.459. The molecule has 1 heterocycles. The van der Waals surface area contributed by atoms with Crippen LogP contribution in [-0.2, 0) is 0 Å². The second kappa shape index (κ2) is 7.34. The maximum Gasteiger partial charge on any atom is 0.144 e. The highest BCUT2D eigenvalue weighted by Crippen LogP contribution is 2.04. The fraction of sp³-hybridized carbons (Fsp3) is 0.600. The second-order valence-corrected chi connectivity index (χ2v) is 4.29. The summed E-state index contributed by atoms with van der Waals surface area (Å²) in [5.74, 6) is 2.51. The van der Waals surface area contributed by atoms with Crippen molar-refractivity contribution in [2.75, 3.05) is 29.6 Å². The van der Waals surface area contributed by atoms with Gasteiger partial charge in [0.15, 0.2) is 0 Å². The lowest BCUT2D eigenvalue weighted by atomic mass is 10.2. The number of hydrogen-bond donors (Lipinski definition) is 2. The largest absolute Gasteiger partial charge is 0.382 e. The molecule has 0 radical (unpaired) electrons. The number of anilines is 2. The monoisotopic (exact) mass is 226 g/mol. The summed E-state index contributed by atoms with van der Waals surface area (Å²) in [6.45, 7) is 0.951. The van der Waals surface area contributed by atoms with Crippen LogP contribution in [0.2, 0.25) is 0 Å². The Morgan fingerprint density at radius 3 is 2.80 bits per heavy atom. The molecule has 1 aromatic rings. The lowest BCUT2D eigenvalue weighted by Crippen LogP contribution is -2.04. The van der Waals surface area contributed by atoms with Crippen LogP contribution >= 0.6 is 11.8 Å². The van der Waals surface area contributed by atoms with Gasteiger partial charge in [0.25, 0.3) is 0 Å². The van der Waals surface area contributed by atoms with E-state index in [9.17, 15) is 0 Å². The molecule has 4 nitrogen and oxygen atoms in total. The van der Waals surface area contributed by atoms with Crippen molar-refractivity contribution in [2.24, 2.45) is 0 Å². The summed E-state index contributed by atoms with van der Waals surface area (Å²) in [7, 11) is 0. The van der Waals surface area contributed by atoms with Crippen LogP contribution in [-0.4, -0.2) is 28.5 Å². The molecule has 3 N–H and O–H groups in total. The topological polar surface area (TPSA) is 63.8 Å². The number of nitrogens with zero attached hydrogens (tertiary/aromatic N) is 2. The number of nitrogens with one attached hydrogen (secondary N) is 1. The van der Waals surface area contributed by atoms with E-state index < -0.39 is 0 Å². The first-order chi connectivity index (χ1) is 7.33. The van der Waals surface area contributed by atoms with Crippen molar-refractivity contribution in [1.29, 1.82) is 0 Å². The minimum absolute atomic E-state index is 0.459. The van der Waals surface area contributed by atoms with Crippen molar-refractivity contribution < 1.29 is 0 Å². The molecule has 0 amide bonds. The van der Waals surface area contributed by atoms with Gasteiger partial charge in [0.2, 0.25) is 0 Å². The van der Waals surface area contributed by atoms with Crippen molar-refractivity contribution in [3.8, 4) is 0 Å². The molecule has 1 aromatic heterocycles. The maximum absolute atomic E-state index is 5.43. The van der Waals surface area contributed by atoms with Gasteiger partial charge >= 0.3 is 0 Å². The molecule has 0 aliphatic carbocycles. The number of hydrogen-bond acceptors (Lipinski definition) is 5. The highest BCUT2D eigenvalue weighted by Gasteiger charge is 1.93. The standard InChI is InChI=1S/C10H18N4S/c1-15-6-4-2-3-5-12-10-8-13-9(11)7-14-10/h7-8H,2-6H2,1H3,(H2,11,13)(H,12,14). The summed E-state index contributed by atoms with van der Waals surface area (Å²) in [5.41, 5.74) is 5.43. The lowest BCUT2D eigenvalue weighted by molar-refractivity contribution is 0.748. The van der Waals surface area contributed by atoms with E-state index in [0.717, 1.165) is 12.4 Å². The Balaban J connectivity index is 2.07. The normalized spacial score (nSPS) is 10.2. The Kier molecular flexibility index (Phi) is 5.92. The molecule has 0 bridgehead atoms. The molecule has 0 aliphatic heterocycles. The van der Waals surface area contributed by atoms with Gasteiger partial charge in [0, 0.05) is 6.54 Å². The first-order valence-electron chi connectivity index (χ1n) is 5.13. The fourth-order valence-electron chi connectivity index (χ4n) is 1.19. The third-order valence-electron chi connectivity index (χ3n) is 2.00. The van der Waals surface area contributed by atoms with E-state index in [1.165, 1.54) is 25.0 Å². The van der Waals surface area contributed by atoms with Crippen LogP contribution in [0.15, 0.2) is 12.4 Å². The molecule has 0 atom stereocenters. The van der Waals surface area contributed by atoms with Gasteiger partial charge < -0.3 is 11.1 Å². The molecule has 5 heteroatoms. The van der Waals surface area contributed by atoms with Crippen LogP contribution in [0.4, 0.5) is 11.6 Å².